The molecule has 8 nitrogen and oxygen atoms in total. The summed E-state index contributed by atoms with van der Waals surface area (Å²) in [5.74, 6) is 1.94. The van der Waals surface area contributed by atoms with Gasteiger partial charge in [-0.2, -0.15) is 10.2 Å². The first-order valence-corrected chi connectivity index (χ1v) is 12.7. The van der Waals surface area contributed by atoms with E-state index in [9.17, 15) is 0 Å². The molecule has 35 heavy (non-hydrogen) atoms. The lowest BCUT2D eigenvalue weighted by atomic mass is 9.97. The topological polar surface area (TPSA) is 73.3 Å². The summed E-state index contributed by atoms with van der Waals surface area (Å²) >= 11 is 0. The highest BCUT2D eigenvalue weighted by Gasteiger charge is 2.28. The molecule has 1 atom stereocenters. The molecule has 1 aromatic carbocycles. The van der Waals surface area contributed by atoms with E-state index in [2.05, 4.69) is 80.2 Å². The fourth-order valence-electron chi connectivity index (χ4n) is 5.75. The van der Waals surface area contributed by atoms with E-state index >= 15 is 0 Å². The predicted octanol–water partition coefficient (Wildman–Crippen LogP) is 3.99. The van der Waals surface area contributed by atoms with Gasteiger partial charge in [-0.15, -0.1) is 10.2 Å². The number of benzene rings is 1. The minimum absolute atomic E-state index is 0.363. The first kappa shape index (κ1) is 23.3. The SMILES string of the molecule is Cc1cc(C)c(N2CCN(c3cccnn3)[C@@H](C)C2)c(C)c1NC1CCN(c2cccnn2)CC1. The van der Waals surface area contributed by atoms with Gasteiger partial charge in [0.1, 0.15) is 0 Å². The van der Waals surface area contributed by atoms with Crippen LogP contribution in [0.4, 0.5) is 23.0 Å². The van der Waals surface area contributed by atoms with Crippen molar-refractivity contribution in [2.45, 2.75) is 52.6 Å². The van der Waals surface area contributed by atoms with Gasteiger partial charge in [0.25, 0.3) is 0 Å². The summed E-state index contributed by atoms with van der Waals surface area (Å²) in [5, 5.41) is 20.7. The lowest BCUT2D eigenvalue weighted by molar-refractivity contribution is 0.521. The maximum Gasteiger partial charge on any atom is 0.151 e. The molecule has 0 spiro atoms. The summed E-state index contributed by atoms with van der Waals surface area (Å²) in [4.78, 5) is 7.26. The van der Waals surface area contributed by atoms with E-state index in [1.807, 2.05) is 18.2 Å². The van der Waals surface area contributed by atoms with Gasteiger partial charge in [0.05, 0.1) is 0 Å². The number of anilines is 4. The minimum Gasteiger partial charge on any atom is -0.382 e. The van der Waals surface area contributed by atoms with Crippen molar-refractivity contribution in [3.63, 3.8) is 0 Å². The number of piperazine rings is 1. The first-order valence-electron chi connectivity index (χ1n) is 12.7. The predicted molar refractivity (Wildman–Crippen MR) is 143 cm³/mol. The Balaban J connectivity index is 1.29. The quantitative estimate of drug-likeness (QED) is 0.598. The number of aromatic nitrogens is 4. The third-order valence-electron chi connectivity index (χ3n) is 7.45. The van der Waals surface area contributed by atoms with E-state index in [-0.39, 0.29) is 0 Å². The largest absolute Gasteiger partial charge is 0.382 e. The lowest BCUT2D eigenvalue weighted by Crippen LogP contribution is -2.52. The van der Waals surface area contributed by atoms with Gasteiger partial charge in [0.15, 0.2) is 11.6 Å². The third-order valence-corrected chi connectivity index (χ3v) is 7.45. The van der Waals surface area contributed by atoms with Crippen molar-refractivity contribution >= 4 is 23.0 Å². The van der Waals surface area contributed by atoms with E-state index < -0.39 is 0 Å². The number of hydrogen-bond acceptors (Lipinski definition) is 8. The van der Waals surface area contributed by atoms with Crippen LogP contribution in [0.3, 0.4) is 0 Å². The Morgan fingerprint density at radius 2 is 1.51 bits per heavy atom. The Hall–Kier alpha value is -3.42. The fourth-order valence-corrected chi connectivity index (χ4v) is 5.75. The van der Waals surface area contributed by atoms with Crippen molar-refractivity contribution in [1.82, 2.24) is 20.4 Å². The van der Waals surface area contributed by atoms with Gasteiger partial charge in [0.2, 0.25) is 0 Å². The van der Waals surface area contributed by atoms with Crippen LogP contribution in [0.15, 0.2) is 42.7 Å². The van der Waals surface area contributed by atoms with Crippen molar-refractivity contribution in [3.8, 4) is 0 Å². The number of hydrogen-bond donors (Lipinski definition) is 1. The molecule has 0 unspecified atom stereocenters. The summed E-state index contributed by atoms with van der Waals surface area (Å²) in [7, 11) is 0. The highest BCUT2D eigenvalue weighted by Crippen LogP contribution is 2.36. The number of rotatable bonds is 5. The number of nitrogens with one attached hydrogen (secondary N) is 1. The zero-order valence-electron chi connectivity index (χ0n) is 21.3. The van der Waals surface area contributed by atoms with E-state index in [4.69, 9.17) is 0 Å². The molecule has 4 heterocycles. The Morgan fingerprint density at radius 1 is 0.829 bits per heavy atom. The number of aryl methyl sites for hydroxylation is 2. The monoisotopic (exact) mass is 472 g/mol. The average molecular weight is 473 g/mol. The van der Waals surface area contributed by atoms with Crippen molar-refractivity contribution in [3.05, 3.63) is 59.4 Å². The normalized spacial score (nSPS) is 19.2. The fraction of sp³-hybridized carbons (Fsp3) is 0.481. The van der Waals surface area contributed by atoms with Gasteiger partial charge in [-0.3, -0.25) is 0 Å². The van der Waals surface area contributed by atoms with Gasteiger partial charge in [-0.25, -0.2) is 0 Å². The molecule has 2 aliphatic rings. The molecular formula is C27H36N8. The van der Waals surface area contributed by atoms with Crippen LogP contribution in [0.5, 0.6) is 0 Å². The molecule has 5 rings (SSSR count). The molecule has 0 saturated carbocycles. The summed E-state index contributed by atoms with van der Waals surface area (Å²) in [6, 6.07) is 11.2. The Bertz CT molecular complexity index is 1130. The number of nitrogens with zero attached hydrogens (tertiary/aromatic N) is 7. The first-order chi connectivity index (χ1) is 17.0. The summed E-state index contributed by atoms with van der Waals surface area (Å²) in [5.41, 5.74) is 6.71. The van der Waals surface area contributed by atoms with Gasteiger partial charge in [0, 0.05) is 68.6 Å². The lowest BCUT2D eigenvalue weighted by Gasteiger charge is -2.43. The van der Waals surface area contributed by atoms with Crippen LogP contribution < -0.4 is 20.0 Å². The molecule has 0 bridgehead atoms. The molecule has 0 aliphatic carbocycles. The molecule has 0 radical (unpaired) electrons. The van der Waals surface area contributed by atoms with Crippen molar-refractivity contribution in [1.29, 1.82) is 0 Å². The summed E-state index contributed by atoms with van der Waals surface area (Å²) in [6.45, 7) is 13.9. The molecule has 3 aromatic rings. The Morgan fingerprint density at radius 3 is 2.14 bits per heavy atom. The van der Waals surface area contributed by atoms with E-state index in [1.54, 1.807) is 12.4 Å². The summed E-state index contributed by atoms with van der Waals surface area (Å²) in [6.07, 6.45) is 5.64. The van der Waals surface area contributed by atoms with Crippen LogP contribution in [0.25, 0.3) is 0 Å². The zero-order valence-corrected chi connectivity index (χ0v) is 21.3. The third kappa shape index (κ3) is 4.88. The molecule has 2 saturated heterocycles. The molecule has 1 N–H and O–H groups in total. The molecular weight excluding hydrogens is 436 g/mol. The minimum atomic E-state index is 0.363. The van der Waals surface area contributed by atoms with E-state index in [0.29, 0.717) is 12.1 Å². The van der Waals surface area contributed by atoms with Crippen LogP contribution in [-0.4, -0.2) is 65.2 Å². The molecule has 8 heteroatoms. The average Bonchev–Trinajstić information content (AvgIpc) is 2.88. The van der Waals surface area contributed by atoms with Crippen molar-refractivity contribution in [2.75, 3.05) is 52.7 Å². The van der Waals surface area contributed by atoms with Crippen LogP contribution in [-0.2, 0) is 0 Å². The maximum absolute atomic E-state index is 4.34. The van der Waals surface area contributed by atoms with Gasteiger partial charge >= 0.3 is 0 Å². The van der Waals surface area contributed by atoms with Crippen LogP contribution >= 0.6 is 0 Å². The van der Waals surface area contributed by atoms with Crippen LogP contribution in [0.2, 0.25) is 0 Å². The van der Waals surface area contributed by atoms with Crippen LogP contribution in [0.1, 0.15) is 36.5 Å². The molecule has 0 amide bonds. The highest BCUT2D eigenvalue weighted by molar-refractivity contribution is 5.73. The molecule has 2 aliphatic heterocycles. The molecule has 2 aromatic heterocycles. The van der Waals surface area contributed by atoms with E-state index in [0.717, 1.165) is 57.2 Å². The molecule has 2 fully saturated rings. The maximum atomic E-state index is 4.34. The smallest absolute Gasteiger partial charge is 0.151 e. The van der Waals surface area contributed by atoms with Gasteiger partial charge in [-0.1, -0.05) is 6.07 Å². The second-order valence-corrected chi connectivity index (χ2v) is 9.92. The number of piperidine rings is 1. The second kappa shape index (κ2) is 10.1. The highest BCUT2D eigenvalue weighted by atomic mass is 15.3. The Labute approximate surface area is 208 Å². The zero-order chi connectivity index (χ0) is 24.4. The Kier molecular flexibility index (Phi) is 6.70. The van der Waals surface area contributed by atoms with Gasteiger partial charge < -0.3 is 20.0 Å². The van der Waals surface area contributed by atoms with Crippen molar-refractivity contribution < 1.29 is 0 Å². The second-order valence-electron chi connectivity index (χ2n) is 9.92. The van der Waals surface area contributed by atoms with Crippen LogP contribution in [0, 0.1) is 20.8 Å². The summed E-state index contributed by atoms with van der Waals surface area (Å²) < 4.78 is 0. The standard InChI is InChI=1S/C27H36N8/c1-19-17-20(2)27(34-15-16-35(21(3)18-34)25-8-6-12-29-32-25)22(4)26(19)30-23-9-13-33(14-10-23)24-7-5-11-28-31-24/h5-8,11-12,17,21,23,30H,9-10,13-16,18H2,1-4H3/t21-/m0/s1. The van der Waals surface area contributed by atoms with E-state index in [1.165, 1.54) is 28.1 Å². The molecule has 184 valence electrons. The van der Waals surface area contributed by atoms with Gasteiger partial charge in [-0.05, 0) is 81.5 Å². The van der Waals surface area contributed by atoms with Crippen molar-refractivity contribution in [2.24, 2.45) is 0 Å².